The smallest absolute Gasteiger partial charge is 0.350 e. The lowest BCUT2D eigenvalue weighted by atomic mass is 9.75. The first-order valence-corrected chi connectivity index (χ1v) is 9.50. The Kier molecular flexibility index (Phi) is 6.20. The summed E-state index contributed by atoms with van der Waals surface area (Å²) in [6.45, 7) is 7.33. The molecule has 2 rings (SSSR count). The van der Waals surface area contributed by atoms with Crippen LogP contribution in [0.25, 0.3) is 0 Å². The fraction of sp³-hybridized carbons (Fsp3) is 0.524. The van der Waals surface area contributed by atoms with Gasteiger partial charge < -0.3 is 20.6 Å². The van der Waals surface area contributed by atoms with Crippen molar-refractivity contribution in [2.75, 3.05) is 13.1 Å². The van der Waals surface area contributed by atoms with Crippen molar-refractivity contribution in [3.63, 3.8) is 0 Å². The van der Waals surface area contributed by atoms with Crippen molar-refractivity contribution in [3.8, 4) is 0 Å². The molecule has 1 atom stereocenters. The highest BCUT2D eigenvalue weighted by Crippen LogP contribution is 2.32. The molecule has 1 aromatic rings. The number of carboxylic acids is 1. The van der Waals surface area contributed by atoms with E-state index in [2.05, 4.69) is 5.16 Å². The van der Waals surface area contributed by atoms with Gasteiger partial charge in [-0.05, 0) is 31.4 Å². The first-order chi connectivity index (χ1) is 14.0. The molecule has 1 saturated heterocycles. The molecule has 3 N–H and O–H groups in total. The van der Waals surface area contributed by atoms with Crippen molar-refractivity contribution in [2.45, 2.75) is 52.6 Å². The Morgan fingerprint density at radius 1 is 1.31 bits per heavy atom. The molecule has 29 heavy (non-hydrogen) atoms. The summed E-state index contributed by atoms with van der Waals surface area (Å²) in [5.41, 5.74) is 2.37. The number of likely N-dealkylation sites (tertiary alicyclic amines) is 1. The van der Waals surface area contributed by atoms with Crippen LogP contribution in [0.2, 0.25) is 1.41 Å². The van der Waals surface area contributed by atoms with E-state index in [1.54, 1.807) is 4.90 Å². The number of oxime groups is 1. The van der Waals surface area contributed by atoms with Gasteiger partial charge in [0.15, 0.2) is 1.41 Å². The number of primary amides is 1. The molecule has 2 amide bonds. The maximum atomic E-state index is 12.0. The zero-order valence-electron chi connectivity index (χ0n) is 18.3. The summed E-state index contributed by atoms with van der Waals surface area (Å²) in [7, 11) is 0. The van der Waals surface area contributed by atoms with Crippen LogP contribution in [0.4, 0.5) is 0 Å². The molecule has 0 spiro atoms. The zero-order chi connectivity index (χ0) is 22.5. The number of aliphatic carboxylic acids is 1. The molecule has 0 radical (unpaired) electrons. The molecule has 1 aliphatic rings. The monoisotopic (exact) mass is 404 g/mol. The number of nitrogens with zero attached hydrogens (tertiary/aromatic N) is 2. The fourth-order valence-corrected chi connectivity index (χ4v) is 3.34. The molecular formula is C21H29N3O5. The van der Waals surface area contributed by atoms with Crippen LogP contribution in [0, 0.1) is 5.41 Å². The third kappa shape index (κ3) is 5.79. The van der Waals surface area contributed by atoms with Crippen LogP contribution in [-0.4, -0.2) is 52.2 Å². The van der Waals surface area contributed by atoms with E-state index >= 15 is 0 Å². The lowest BCUT2D eigenvalue weighted by Gasteiger charge is -2.41. The maximum Gasteiger partial charge on any atom is 0.350 e. The molecular weight excluding hydrogens is 374 g/mol. The van der Waals surface area contributed by atoms with E-state index in [0.717, 1.165) is 11.1 Å². The third-order valence-electron chi connectivity index (χ3n) is 5.18. The van der Waals surface area contributed by atoms with E-state index in [1.165, 1.54) is 20.8 Å². The highest BCUT2D eigenvalue weighted by Gasteiger charge is 2.39. The van der Waals surface area contributed by atoms with Gasteiger partial charge in [-0.25, -0.2) is 4.79 Å². The predicted molar refractivity (Wildman–Crippen MR) is 108 cm³/mol. The molecule has 8 heteroatoms. The number of carbonyl (C=O) groups is 3. The minimum Gasteiger partial charge on any atom is -0.478 e. The number of benzene rings is 1. The van der Waals surface area contributed by atoms with Crippen molar-refractivity contribution in [2.24, 2.45) is 16.3 Å². The largest absolute Gasteiger partial charge is 0.478 e. The summed E-state index contributed by atoms with van der Waals surface area (Å²) in [5.74, 6) is -1.52. The molecule has 0 bridgehead atoms. The molecule has 8 nitrogen and oxygen atoms in total. The Balaban J connectivity index is 2.26. The predicted octanol–water partition coefficient (Wildman–Crippen LogP) is 1.75. The molecule has 0 aromatic heterocycles. The average molecular weight is 404 g/mol. The maximum absolute atomic E-state index is 12.0. The van der Waals surface area contributed by atoms with Crippen molar-refractivity contribution in [1.82, 2.24) is 4.90 Å². The highest BCUT2D eigenvalue weighted by molar-refractivity contribution is 5.92. The second-order valence-corrected chi connectivity index (χ2v) is 8.29. The van der Waals surface area contributed by atoms with Gasteiger partial charge in [-0.15, -0.1) is 0 Å². The molecule has 1 unspecified atom stereocenters. The number of rotatable bonds is 7. The van der Waals surface area contributed by atoms with Crippen molar-refractivity contribution in [3.05, 3.63) is 35.4 Å². The summed E-state index contributed by atoms with van der Waals surface area (Å²) < 4.78 is 6.89. The van der Waals surface area contributed by atoms with E-state index < -0.39 is 17.0 Å². The summed E-state index contributed by atoms with van der Waals surface area (Å²) in [5, 5.41) is 13.5. The van der Waals surface area contributed by atoms with Crippen LogP contribution in [0.5, 0.6) is 0 Å². The SMILES string of the molecule is [2H]NC(=O)Cc1ccc(CC2(C)CN(C(C)=O)CC/C2=N\OC(C)(C)C(=O)O)cc1. The third-order valence-corrected chi connectivity index (χ3v) is 5.18. The van der Waals surface area contributed by atoms with Crippen molar-refractivity contribution >= 4 is 23.5 Å². The van der Waals surface area contributed by atoms with Crippen LogP contribution in [0.3, 0.4) is 0 Å². The van der Waals surface area contributed by atoms with E-state index in [9.17, 15) is 19.5 Å². The second-order valence-electron chi connectivity index (χ2n) is 8.29. The van der Waals surface area contributed by atoms with Gasteiger partial charge in [-0.1, -0.05) is 36.3 Å². The van der Waals surface area contributed by atoms with Gasteiger partial charge in [-0.3, -0.25) is 9.59 Å². The van der Waals surface area contributed by atoms with Gasteiger partial charge >= 0.3 is 5.97 Å². The number of amides is 2. The zero-order valence-corrected chi connectivity index (χ0v) is 17.3. The van der Waals surface area contributed by atoms with E-state index in [0.29, 0.717) is 31.6 Å². The number of piperidine rings is 1. The van der Waals surface area contributed by atoms with E-state index in [-0.39, 0.29) is 18.2 Å². The quantitative estimate of drug-likeness (QED) is 0.671. The standard InChI is InChI=1S/C21H29N3O5/c1-14(25)24-10-9-17(23-29-20(2,3)19(27)28)21(4,13-24)12-16-7-5-15(6-8-16)11-18(22)26/h5-8H,9-13H2,1-4H3,(H2,22,26)(H,27,28)/b23-17+/i/hD. The number of carbonyl (C=O) groups excluding carboxylic acids is 2. The van der Waals surface area contributed by atoms with Crippen LogP contribution in [-0.2, 0) is 32.1 Å². The number of hydrogen-bond acceptors (Lipinski definition) is 5. The first kappa shape index (κ1) is 20.8. The van der Waals surface area contributed by atoms with Crippen LogP contribution >= 0.6 is 0 Å². The average Bonchev–Trinajstić information content (AvgIpc) is 2.68. The topological polar surface area (TPSA) is 122 Å². The van der Waals surface area contributed by atoms with Crippen molar-refractivity contribution in [1.29, 1.82) is 0 Å². The van der Waals surface area contributed by atoms with E-state index in [1.807, 2.05) is 36.9 Å². The Hall–Kier alpha value is -2.90. The Morgan fingerprint density at radius 2 is 1.93 bits per heavy atom. The van der Waals surface area contributed by atoms with E-state index in [4.69, 9.17) is 6.25 Å². The molecule has 1 heterocycles. The van der Waals surface area contributed by atoms with Gasteiger partial charge in [-0.2, -0.15) is 0 Å². The number of hydrogen-bond donors (Lipinski definition) is 2. The van der Waals surface area contributed by atoms with Gasteiger partial charge in [0.05, 0.1) is 12.1 Å². The molecule has 1 aromatic carbocycles. The molecule has 158 valence electrons. The van der Waals surface area contributed by atoms with Crippen molar-refractivity contribution < 1.29 is 25.7 Å². The number of nitrogens with two attached hydrogens (primary N) is 1. The molecule has 0 saturated carbocycles. The minimum atomic E-state index is -1.45. The summed E-state index contributed by atoms with van der Waals surface area (Å²) in [6.07, 6.45) is 1.19. The number of carboxylic acid groups (broad SMARTS) is 1. The lowest BCUT2D eigenvalue weighted by molar-refractivity contribution is -0.161. The second kappa shape index (κ2) is 8.63. The fourth-order valence-electron chi connectivity index (χ4n) is 3.34. The first-order valence-electron chi connectivity index (χ1n) is 10.00. The molecule has 1 fully saturated rings. The van der Waals surface area contributed by atoms with Gasteiger partial charge in [0.2, 0.25) is 17.4 Å². The van der Waals surface area contributed by atoms with Crippen LogP contribution in [0.15, 0.2) is 29.4 Å². The Morgan fingerprint density at radius 3 is 2.48 bits per heavy atom. The van der Waals surface area contributed by atoms with Crippen LogP contribution < -0.4 is 5.73 Å². The van der Waals surface area contributed by atoms with Crippen LogP contribution in [0.1, 0.15) is 45.2 Å². The normalized spacial score (nSPS) is 21.4. The Labute approximate surface area is 172 Å². The summed E-state index contributed by atoms with van der Waals surface area (Å²) in [6, 6.07) is 7.48. The lowest BCUT2D eigenvalue weighted by Crippen LogP contribution is -2.50. The molecule has 1 aliphatic heterocycles. The highest BCUT2D eigenvalue weighted by atomic mass is 16.7. The van der Waals surface area contributed by atoms with Gasteiger partial charge in [0, 0.05) is 31.8 Å². The van der Waals surface area contributed by atoms with Gasteiger partial charge in [0.1, 0.15) is 0 Å². The van der Waals surface area contributed by atoms with Gasteiger partial charge in [0.25, 0.3) is 0 Å². The summed E-state index contributed by atoms with van der Waals surface area (Å²) >= 11 is 0. The minimum absolute atomic E-state index is 0.0242. The molecule has 0 aliphatic carbocycles. The summed E-state index contributed by atoms with van der Waals surface area (Å²) in [4.78, 5) is 41.8. The Bertz CT molecular complexity index is 838.